The SMILES string of the molecule is CCOC(=O)[C@@H]1[C@@H]2NC(=S)N(c3cccc(C)c3)[C@@]1(C)Oc1ccc(Cl)cc12. The molecule has 146 valence electrons. The van der Waals surface area contributed by atoms with Gasteiger partial charge in [0.05, 0.1) is 12.6 Å². The molecule has 3 atom stereocenters. The van der Waals surface area contributed by atoms with Gasteiger partial charge in [-0.25, -0.2) is 0 Å². The largest absolute Gasteiger partial charge is 0.466 e. The van der Waals surface area contributed by atoms with Gasteiger partial charge in [0, 0.05) is 16.3 Å². The predicted molar refractivity (Wildman–Crippen MR) is 113 cm³/mol. The second-order valence-electron chi connectivity index (χ2n) is 7.17. The van der Waals surface area contributed by atoms with E-state index < -0.39 is 11.6 Å². The fourth-order valence-electron chi connectivity index (χ4n) is 4.10. The van der Waals surface area contributed by atoms with Crippen LogP contribution in [0.4, 0.5) is 5.69 Å². The summed E-state index contributed by atoms with van der Waals surface area (Å²) < 4.78 is 11.9. The van der Waals surface area contributed by atoms with E-state index >= 15 is 0 Å². The summed E-state index contributed by atoms with van der Waals surface area (Å²) in [5.41, 5.74) is 1.69. The Morgan fingerprint density at radius 1 is 1.36 bits per heavy atom. The number of benzene rings is 2. The maximum absolute atomic E-state index is 13.0. The summed E-state index contributed by atoms with van der Waals surface area (Å²) >= 11 is 11.9. The summed E-state index contributed by atoms with van der Waals surface area (Å²) in [6.45, 7) is 5.97. The van der Waals surface area contributed by atoms with E-state index in [0.29, 0.717) is 15.9 Å². The molecular weight excluding hydrogens is 396 g/mol. The zero-order valence-corrected chi connectivity index (χ0v) is 17.4. The van der Waals surface area contributed by atoms with Crippen LogP contribution in [0.1, 0.15) is 31.0 Å². The van der Waals surface area contributed by atoms with Crippen LogP contribution in [0.5, 0.6) is 5.75 Å². The number of carbonyl (C=O) groups is 1. The Bertz CT molecular complexity index is 966. The molecule has 0 amide bonds. The van der Waals surface area contributed by atoms with Gasteiger partial charge in [-0.05, 0) is 68.9 Å². The highest BCUT2D eigenvalue weighted by atomic mass is 35.5. The first kappa shape index (κ1) is 19.0. The van der Waals surface area contributed by atoms with Gasteiger partial charge in [-0.1, -0.05) is 23.7 Å². The molecule has 0 aromatic heterocycles. The Hall–Kier alpha value is -2.31. The van der Waals surface area contributed by atoms with Crippen LogP contribution in [-0.4, -0.2) is 23.4 Å². The number of halogens is 1. The minimum atomic E-state index is -1.05. The number of nitrogens with zero attached hydrogens (tertiary/aromatic N) is 1. The fraction of sp³-hybridized carbons (Fsp3) is 0.333. The molecule has 1 N–H and O–H groups in total. The van der Waals surface area contributed by atoms with Crippen molar-refractivity contribution < 1.29 is 14.3 Å². The van der Waals surface area contributed by atoms with Gasteiger partial charge < -0.3 is 14.8 Å². The van der Waals surface area contributed by atoms with Crippen molar-refractivity contribution in [2.24, 2.45) is 5.92 Å². The van der Waals surface area contributed by atoms with E-state index in [9.17, 15) is 4.79 Å². The lowest BCUT2D eigenvalue weighted by atomic mass is 9.79. The zero-order chi connectivity index (χ0) is 20.1. The van der Waals surface area contributed by atoms with Crippen molar-refractivity contribution >= 4 is 40.6 Å². The first-order chi connectivity index (χ1) is 13.3. The molecule has 2 heterocycles. The average molecular weight is 417 g/mol. The second-order valence-corrected chi connectivity index (χ2v) is 7.99. The molecule has 2 aliphatic heterocycles. The number of esters is 1. The van der Waals surface area contributed by atoms with Crippen molar-refractivity contribution in [2.45, 2.75) is 32.5 Å². The number of thiocarbonyl (C=S) groups is 1. The number of rotatable bonds is 3. The lowest BCUT2D eigenvalue weighted by molar-refractivity contribution is -0.159. The normalized spacial score (nSPS) is 25.4. The molecule has 0 saturated carbocycles. The second kappa shape index (κ2) is 6.94. The standard InChI is InChI=1S/C21H21ClN2O3S/c1-4-26-19(25)17-18-15-11-13(22)8-9-16(15)27-21(17,3)24(20(28)23-18)14-7-5-6-12(2)10-14/h5-11,17-18H,4H2,1-3H3,(H,23,28)/t17-,18+,21-/m0/s1. The maximum Gasteiger partial charge on any atom is 0.317 e. The molecule has 4 rings (SSSR count). The van der Waals surface area contributed by atoms with E-state index in [2.05, 4.69) is 5.32 Å². The van der Waals surface area contributed by atoms with E-state index in [0.717, 1.165) is 16.8 Å². The summed E-state index contributed by atoms with van der Waals surface area (Å²) in [7, 11) is 0. The lowest BCUT2D eigenvalue weighted by Gasteiger charge is -2.55. The minimum Gasteiger partial charge on any atom is -0.466 e. The molecule has 2 aromatic rings. The number of hydrogen-bond donors (Lipinski definition) is 1. The molecule has 2 aliphatic rings. The number of ether oxygens (including phenoxy) is 2. The van der Waals surface area contributed by atoms with E-state index in [1.807, 2.05) is 55.1 Å². The van der Waals surface area contributed by atoms with Crippen LogP contribution in [0.2, 0.25) is 5.02 Å². The van der Waals surface area contributed by atoms with Crippen LogP contribution in [0.15, 0.2) is 42.5 Å². The van der Waals surface area contributed by atoms with Crippen molar-refractivity contribution in [3.8, 4) is 5.75 Å². The molecule has 0 unspecified atom stereocenters. The third kappa shape index (κ3) is 2.91. The van der Waals surface area contributed by atoms with Crippen LogP contribution in [0.25, 0.3) is 0 Å². The third-order valence-electron chi connectivity index (χ3n) is 5.26. The number of fused-ring (bicyclic) bond motifs is 4. The van der Waals surface area contributed by atoms with Gasteiger partial charge in [-0.3, -0.25) is 9.69 Å². The molecule has 2 bridgehead atoms. The first-order valence-electron chi connectivity index (χ1n) is 9.17. The van der Waals surface area contributed by atoms with E-state index in [4.69, 9.17) is 33.3 Å². The minimum absolute atomic E-state index is 0.287. The van der Waals surface area contributed by atoms with Crippen LogP contribution < -0.4 is 15.0 Å². The highest BCUT2D eigenvalue weighted by Crippen LogP contribution is 2.50. The zero-order valence-electron chi connectivity index (χ0n) is 15.9. The Balaban J connectivity index is 1.90. The van der Waals surface area contributed by atoms with Crippen molar-refractivity contribution in [3.63, 3.8) is 0 Å². The third-order valence-corrected chi connectivity index (χ3v) is 5.80. The molecule has 1 saturated heterocycles. The highest BCUT2D eigenvalue weighted by Gasteiger charge is 2.59. The Morgan fingerprint density at radius 2 is 2.14 bits per heavy atom. The van der Waals surface area contributed by atoms with Gasteiger partial charge in [0.2, 0.25) is 5.72 Å². The smallest absolute Gasteiger partial charge is 0.317 e. The Morgan fingerprint density at radius 3 is 2.86 bits per heavy atom. The van der Waals surface area contributed by atoms with Gasteiger partial charge in [0.25, 0.3) is 0 Å². The topological polar surface area (TPSA) is 50.8 Å². The van der Waals surface area contributed by atoms with Gasteiger partial charge in [-0.15, -0.1) is 0 Å². The summed E-state index contributed by atoms with van der Waals surface area (Å²) in [4.78, 5) is 14.9. The van der Waals surface area contributed by atoms with E-state index in [1.54, 1.807) is 13.0 Å². The van der Waals surface area contributed by atoms with Gasteiger partial charge in [-0.2, -0.15) is 0 Å². The van der Waals surface area contributed by atoms with Crippen molar-refractivity contribution in [1.82, 2.24) is 5.32 Å². The van der Waals surface area contributed by atoms with Crippen molar-refractivity contribution in [1.29, 1.82) is 0 Å². The predicted octanol–water partition coefficient (Wildman–Crippen LogP) is 4.37. The monoisotopic (exact) mass is 416 g/mol. The molecule has 1 fully saturated rings. The summed E-state index contributed by atoms with van der Waals surface area (Å²) in [6, 6.07) is 13.0. The van der Waals surface area contributed by atoms with Crippen LogP contribution in [0.3, 0.4) is 0 Å². The van der Waals surface area contributed by atoms with Crippen molar-refractivity contribution in [3.05, 3.63) is 58.6 Å². The number of nitrogens with one attached hydrogen (secondary N) is 1. The molecule has 5 nitrogen and oxygen atoms in total. The maximum atomic E-state index is 13.0. The fourth-order valence-corrected chi connectivity index (χ4v) is 4.70. The van der Waals surface area contributed by atoms with Crippen LogP contribution >= 0.6 is 23.8 Å². The first-order valence-corrected chi connectivity index (χ1v) is 9.96. The number of aryl methyl sites for hydroxylation is 1. The van der Waals surface area contributed by atoms with Crippen LogP contribution in [-0.2, 0) is 9.53 Å². The molecule has 28 heavy (non-hydrogen) atoms. The Labute approximate surface area is 174 Å². The van der Waals surface area contributed by atoms with Gasteiger partial charge in [0.1, 0.15) is 11.7 Å². The summed E-state index contributed by atoms with van der Waals surface area (Å²) in [6.07, 6.45) is 0. The molecule has 7 heteroatoms. The average Bonchev–Trinajstić information content (AvgIpc) is 2.62. The van der Waals surface area contributed by atoms with Crippen LogP contribution in [0, 0.1) is 12.8 Å². The molecule has 0 spiro atoms. The molecule has 0 radical (unpaired) electrons. The highest BCUT2D eigenvalue weighted by molar-refractivity contribution is 7.80. The number of anilines is 1. The number of carbonyl (C=O) groups excluding carboxylic acids is 1. The van der Waals surface area contributed by atoms with Crippen molar-refractivity contribution in [2.75, 3.05) is 11.5 Å². The molecule has 2 aromatic carbocycles. The summed E-state index contributed by atoms with van der Waals surface area (Å²) in [5.74, 6) is -0.302. The van der Waals surface area contributed by atoms with E-state index in [-0.39, 0.29) is 18.6 Å². The molecule has 0 aliphatic carbocycles. The summed E-state index contributed by atoms with van der Waals surface area (Å²) in [5, 5.41) is 4.39. The lowest BCUT2D eigenvalue weighted by Crippen LogP contribution is -2.71. The Kier molecular flexibility index (Phi) is 4.71. The molecular formula is C21H21ClN2O3S. The number of hydrogen-bond acceptors (Lipinski definition) is 4. The van der Waals surface area contributed by atoms with E-state index in [1.165, 1.54) is 0 Å². The van der Waals surface area contributed by atoms with Gasteiger partial charge >= 0.3 is 5.97 Å². The quantitative estimate of drug-likeness (QED) is 0.592. The van der Waals surface area contributed by atoms with Gasteiger partial charge in [0.15, 0.2) is 5.11 Å².